The minimum atomic E-state index is -0.0913. The van der Waals surface area contributed by atoms with Gasteiger partial charge in [-0.25, -0.2) is 9.78 Å². The smallest absolute Gasteiger partial charge is 0.325 e. The number of carbonyl (C=O) groups excluding carboxylic acids is 2. The van der Waals surface area contributed by atoms with E-state index in [0.717, 1.165) is 5.56 Å². The van der Waals surface area contributed by atoms with Gasteiger partial charge in [-0.15, -0.1) is 0 Å². The lowest BCUT2D eigenvalue weighted by Crippen LogP contribution is -2.31. The predicted octanol–water partition coefficient (Wildman–Crippen LogP) is 3.12. The van der Waals surface area contributed by atoms with Gasteiger partial charge in [-0.1, -0.05) is 44.2 Å². The number of anilines is 2. The van der Waals surface area contributed by atoms with Gasteiger partial charge in [0.2, 0.25) is 5.91 Å². The number of nitrogens with zero attached hydrogens (tertiary/aromatic N) is 3. The Labute approximate surface area is 147 Å². The van der Waals surface area contributed by atoms with Crippen LogP contribution in [0.4, 0.5) is 16.3 Å². The van der Waals surface area contributed by atoms with Crippen molar-refractivity contribution >= 4 is 23.4 Å². The monoisotopic (exact) mass is 338 g/mol. The number of hydrogen-bond donors (Lipinski definition) is 1. The fraction of sp³-hybridized carbons (Fsp3) is 0.316. The first-order valence-corrected chi connectivity index (χ1v) is 8.42. The third-order valence-corrected chi connectivity index (χ3v) is 4.13. The van der Waals surface area contributed by atoms with Crippen molar-refractivity contribution in [1.29, 1.82) is 0 Å². The molecule has 1 fully saturated rings. The Morgan fingerprint density at radius 2 is 1.92 bits per heavy atom. The average molecular weight is 338 g/mol. The highest BCUT2D eigenvalue weighted by atomic mass is 16.2. The van der Waals surface area contributed by atoms with E-state index in [1.807, 2.05) is 49.1 Å². The number of carbonyl (C=O) groups is 2. The molecule has 3 amide bonds. The van der Waals surface area contributed by atoms with E-state index in [-0.39, 0.29) is 17.9 Å². The summed E-state index contributed by atoms with van der Waals surface area (Å²) in [4.78, 5) is 32.1. The SMILES string of the molecule is CC(C)C(=O)Nc1ccc(N2CCN(Cc3ccccc3)C2=O)nc1. The lowest BCUT2D eigenvalue weighted by molar-refractivity contribution is -0.118. The van der Waals surface area contributed by atoms with Gasteiger partial charge in [0.15, 0.2) is 0 Å². The lowest BCUT2D eigenvalue weighted by Gasteiger charge is -2.18. The second kappa shape index (κ2) is 7.34. The molecule has 0 aliphatic carbocycles. The van der Waals surface area contributed by atoms with Crippen LogP contribution in [0.15, 0.2) is 48.7 Å². The van der Waals surface area contributed by atoms with Crippen LogP contribution in [-0.4, -0.2) is 34.9 Å². The molecule has 130 valence electrons. The first-order valence-electron chi connectivity index (χ1n) is 8.42. The summed E-state index contributed by atoms with van der Waals surface area (Å²) >= 11 is 0. The van der Waals surface area contributed by atoms with E-state index < -0.39 is 0 Å². The van der Waals surface area contributed by atoms with Gasteiger partial charge in [-0.2, -0.15) is 0 Å². The quantitative estimate of drug-likeness (QED) is 0.911. The summed E-state index contributed by atoms with van der Waals surface area (Å²) in [5.41, 5.74) is 1.74. The second-order valence-corrected chi connectivity index (χ2v) is 6.39. The Hall–Kier alpha value is -2.89. The molecule has 0 saturated carbocycles. The van der Waals surface area contributed by atoms with Gasteiger partial charge in [-0.05, 0) is 17.7 Å². The van der Waals surface area contributed by atoms with Crippen LogP contribution in [0.2, 0.25) is 0 Å². The summed E-state index contributed by atoms with van der Waals surface area (Å²) in [5, 5.41) is 2.80. The standard InChI is InChI=1S/C19H22N4O2/c1-14(2)18(24)21-16-8-9-17(20-12-16)23-11-10-22(19(23)25)13-15-6-4-3-5-7-15/h3-9,12,14H,10-11,13H2,1-2H3,(H,21,24). The number of aromatic nitrogens is 1. The van der Waals surface area contributed by atoms with Gasteiger partial charge in [0.25, 0.3) is 0 Å². The molecule has 25 heavy (non-hydrogen) atoms. The molecule has 2 heterocycles. The van der Waals surface area contributed by atoms with Crippen LogP contribution < -0.4 is 10.2 Å². The molecule has 1 aliphatic rings. The molecular formula is C19H22N4O2. The first kappa shape index (κ1) is 17.0. The molecule has 0 bridgehead atoms. The van der Waals surface area contributed by atoms with E-state index in [4.69, 9.17) is 0 Å². The number of pyridine rings is 1. The first-order chi connectivity index (χ1) is 12.0. The highest BCUT2D eigenvalue weighted by Crippen LogP contribution is 2.21. The van der Waals surface area contributed by atoms with E-state index >= 15 is 0 Å². The van der Waals surface area contributed by atoms with Gasteiger partial charge >= 0.3 is 6.03 Å². The van der Waals surface area contributed by atoms with E-state index in [0.29, 0.717) is 31.1 Å². The normalized spacial score (nSPS) is 14.3. The number of rotatable bonds is 5. The van der Waals surface area contributed by atoms with E-state index in [9.17, 15) is 9.59 Å². The Balaban J connectivity index is 1.64. The lowest BCUT2D eigenvalue weighted by atomic mass is 10.2. The van der Waals surface area contributed by atoms with E-state index in [2.05, 4.69) is 10.3 Å². The molecule has 6 nitrogen and oxygen atoms in total. The van der Waals surface area contributed by atoms with Crippen LogP contribution in [-0.2, 0) is 11.3 Å². The Kier molecular flexibility index (Phi) is 4.97. The van der Waals surface area contributed by atoms with Crippen molar-refractivity contribution in [2.24, 2.45) is 5.92 Å². The average Bonchev–Trinajstić information content (AvgIpc) is 2.97. The van der Waals surface area contributed by atoms with Gasteiger partial charge in [0.1, 0.15) is 5.82 Å². The zero-order valence-corrected chi connectivity index (χ0v) is 14.5. The highest BCUT2D eigenvalue weighted by molar-refractivity contribution is 5.94. The summed E-state index contributed by atoms with van der Waals surface area (Å²) in [5.74, 6) is 0.454. The van der Waals surface area contributed by atoms with Crippen LogP contribution in [0.3, 0.4) is 0 Å². The van der Waals surface area contributed by atoms with Gasteiger partial charge in [-0.3, -0.25) is 9.69 Å². The van der Waals surface area contributed by atoms with Crippen LogP contribution in [0, 0.1) is 5.92 Å². The maximum absolute atomic E-state index is 12.6. The van der Waals surface area contributed by atoms with Crippen molar-refractivity contribution < 1.29 is 9.59 Å². The van der Waals surface area contributed by atoms with Gasteiger partial charge in [0, 0.05) is 25.6 Å². The fourth-order valence-electron chi connectivity index (χ4n) is 2.65. The summed E-state index contributed by atoms with van der Waals surface area (Å²) in [6.45, 7) is 5.54. The van der Waals surface area contributed by atoms with Crippen molar-refractivity contribution in [3.63, 3.8) is 0 Å². The maximum atomic E-state index is 12.6. The molecule has 2 aromatic rings. The number of hydrogen-bond acceptors (Lipinski definition) is 3. The molecular weight excluding hydrogens is 316 g/mol. The minimum Gasteiger partial charge on any atom is -0.325 e. The molecule has 1 aliphatic heterocycles. The predicted molar refractivity (Wildman–Crippen MR) is 97.3 cm³/mol. The Bertz CT molecular complexity index is 744. The fourth-order valence-corrected chi connectivity index (χ4v) is 2.65. The molecule has 1 saturated heterocycles. The number of nitrogens with one attached hydrogen (secondary N) is 1. The highest BCUT2D eigenvalue weighted by Gasteiger charge is 2.30. The van der Waals surface area contributed by atoms with Gasteiger partial charge < -0.3 is 10.2 Å². The molecule has 3 rings (SSSR count). The topological polar surface area (TPSA) is 65.5 Å². The van der Waals surface area contributed by atoms with Crippen LogP contribution in [0.1, 0.15) is 19.4 Å². The van der Waals surface area contributed by atoms with E-state index in [1.165, 1.54) is 0 Å². The number of benzene rings is 1. The second-order valence-electron chi connectivity index (χ2n) is 6.39. The molecule has 0 spiro atoms. The maximum Gasteiger partial charge on any atom is 0.326 e. The minimum absolute atomic E-state index is 0.0460. The van der Waals surface area contributed by atoms with Crippen molar-refractivity contribution in [2.75, 3.05) is 23.3 Å². The van der Waals surface area contributed by atoms with Crippen molar-refractivity contribution in [3.8, 4) is 0 Å². The Morgan fingerprint density at radius 1 is 1.16 bits per heavy atom. The van der Waals surface area contributed by atoms with Crippen molar-refractivity contribution in [3.05, 3.63) is 54.2 Å². The summed E-state index contributed by atoms with van der Waals surface area (Å²) in [7, 11) is 0. The molecule has 6 heteroatoms. The number of urea groups is 1. The summed E-state index contributed by atoms with van der Waals surface area (Å²) < 4.78 is 0. The largest absolute Gasteiger partial charge is 0.326 e. The molecule has 0 unspecified atom stereocenters. The molecule has 1 aromatic carbocycles. The third-order valence-electron chi connectivity index (χ3n) is 4.13. The van der Waals surface area contributed by atoms with Crippen LogP contribution in [0.25, 0.3) is 0 Å². The molecule has 1 aromatic heterocycles. The van der Waals surface area contributed by atoms with Gasteiger partial charge in [0.05, 0.1) is 11.9 Å². The van der Waals surface area contributed by atoms with Crippen LogP contribution >= 0.6 is 0 Å². The van der Waals surface area contributed by atoms with Crippen molar-refractivity contribution in [2.45, 2.75) is 20.4 Å². The summed E-state index contributed by atoms with van der Waals surface area (Å²) in [6.07, 6.45) is 1.59. The third kappa shape index (κ3) is 3.96. The number of amides is 3. The zero-order valence-electron chi connectivity index (χ0n) is 14.5. The molecule has 1 N–H and O–H groups in total. The molecule has 0 atom stereocenters. The Morgan fingerprint density at radius 3 is 2.56 bits per heavy atom. The van der Waals surface area contributed by atoms with Crippen LogP contribution in [0.5, 0.6) is 0 Å². The van der Waals surface area contributed by atoms with E-state index in [1.54, 1.807) is 23.2 Å². The van der Waals surface area contributed by atoms with Crippen molar-refractivity contribution in [1.82, 2.24) is 9.88 Å². The summed E-state index contributed by atoms with van der Waals surface area (Å²) in [6, 6.07) is 13.4. The molecule has 0 radical (unpaired) electrons. The zero-order chi connectivity index (χ0) is 17.8.